The molecule has 1 aliphatic carbocycles. The number of esters is 1. The number of ether oxygens (including phenoxy) is 1. The molecular weight excluding hydrogens is 166 g/mol. The Morgan fingerprint density at radius 2 is 2.15 bits per heavy atom. The Morgan fingerprint density at radius 3 is 2.69 bits per heavy atom. The minimum atomic E-state index is -0.113. The van der Waals surface area contributed by atoms with Gasteiger partial charge >= 0.3 is 5.97 Å². The first kappa shape index (κ1) is 10.5. The van der Waals surface area contributed by atoms with Crippen molar-refractivity contribution in [1.82, 2.24) is 4.90 Å². The van der Waals surface area contributed by atoms with E-state index in [1.807, 2.05) is 0 Å². The van der Waals surface area contributed by atoms with Crippen LogP contribution in [0, 0.1) is 5.92 Å². The lowest BCUT2D eigenvalue weighted by atomic mass is 10.3. The molecule has 0 bridgehead atoms. The summed E-state index contributed by atoms with van der Waals surface area (Å²) in [5, 5.41) is 0. The Morgan fingerprint density at radius 1 is 1.46 bits per heavy atom. The van der Waals surface area contributed by atoms with Crippen molar-refractivity contribution in [3.8, 4) is 0 Å². The number of hydrogen-bond acceptors (Lipinski definition) is 3. The molecule has 3 nitrogen and oxygen atoms in total. The standard InChI is InChI=1S/C10H19NO2/c1-11(7-5-9-3-4-9)8-6-10(12)13-2/h9H,3-8H2,1-2H3. The molecule has 1 rings (SSSR count). The number of carbonyl (C=O) groups excluding carboxylic acids is 1. The second-order valence-corrected chi connectivity index (χ2v) is 3.86. The van der Waals surface area contributed by atoms with Crippen LogP contribution in [0.15, 0.2) is 0 Å². The van der Waals surface area contributed by atoms with Crippen molar-refractivity contribution in [3.05, 3.63) is 0 Å². The molecule has 0 unspecified atom stereocenters. The topological polar surface area (TPSA) is 29.5 Å². The summed E-state index contributed by atoms with van der Waals surface area (Å²) < 4.78 is 4.57. The highest BCUT2D eigenvalue weighted by atomic mass is 16.5. The highest BCUT2D eigenvalue weighted by Gasteiger charge is 2.21. The molecule has 0 aromatic rings. The molecule has 1 aliphatic rings. The lowest BCUT2D eigenvalue weighted by Gasteiger charge is -2.14. The van der Waals surface area contributed by atoms with Gasteiger partial charge in [0.2, 0.25) is 0 Å². The fraction of sp³-hybridized carbons (Fsp3) is 0.900. The Hall–Kier alpha value is -0.570. The van der Waals surface area contributed by atoms with E-state index < -0.39 is 0 Å². The van der Waals surface area contributed by atoms with Gasteiger partial charge in [-0.05, 0) is 25.9 Å². The zero-order valence-corrected chi connectivity index (χ0v) is 8.58. The lowest BCUT2D eigenvalue weighted by Crippen LogP contribution is -2.23. The van der Waals surface area contributed by atoms with Crippen molar-refractivity contribution in [2.24, 2.45) is 5.92 Å². The van der Waals surface area contributed by atoms with Gasteiger partial charge in [-0.1, -0.05) is 12.8 Å². The van der Waals surface area contributed by atoms with Crippen LogP contribution in [0.2, 0.25) is 0 Å². The smallest absolute Gasteiger partial charge is 0.306 e. The van der Waals surface area contributed by atoms with Crippen LogP contribution in [0.3, 0.4) is 0 Å². The van der Waals surface area contributed by atoms with Crippen LogP contribution in [0.1, 0.15) is 25.7 Å². The zero-order chi connectivity index (χ0) is 9.68. The number of hydrogen-bond donors (Lipinski definition) is 0. The fourth-order valence-corrected chi connectivity index (χ4v) is 1.31. The number of nitrogens with zero attached hydrogens (tertiary/aromatic N) is 1. The van der Waals surface area contributed by atoms with E-state index in [0.29, 0.717) is 6.42 Å². The normalized spacial score (nSPS) is 16.2. The second-order valence-electron chi connectivity index (χ2n) is 3.86. The van der Waals surface area contributed by atoms with Gasteiger partial charge in [-0.3, -0.25) is 4.79 Å². The Balaban J connectivity index is 1.95. The van der Waals surface area contributed by atoms with Gasteiger partial charge in [0.15, 0.2) is 0 Å². The molecule has 13 heavy (non-hydrogen) atoms. The van der Waals surface area contributed by atoms with Gasteiger partial charge in [0, 0.05) is 6.54 Å². The third kappa shape index (κ3) is 4.88. The molecule has 1 saturated carbocycles. The summed E-state index contributed by atoms with van der Waals surface area (Å²) in [5.41, 5.74) is 0. The van der Waals surface area contributed by atoms with E-state index in [1.54, 1.807) is 0 Å². The molecule has 0 saturated heterocycles. The van der Waals surface area contributed by atoms with Gasteiger partial charge in [0.1, 0.15) is 0 Å². The summed E-state index contributed by atoms with van der Waals surface area (Å²) in [6.07, 6.45) is 4.62. The summed E-state index contributed by atoms with van der Waals surface area (Å²) in [6, 6.07) is 0. The van der Waals surface area contributed by atoms with Crippen molar-refractivity contribution in [1.29, 1.82) is 0 Å². The largest absolute Gasteiger partial charge is 0.469 e. The van der Waals surface area contributed by atoms with Crippen LogP contribution in [0.4, 0.5) is 0 Å². The van der Waals surface area contributed by atoms with E-state index in [-0.39, 0.29) is 5.97 Å². The average Bonchev–Trinajstić information content (AvgIpc) is 2.94. The van der Waals surface area contributed by atoms with Crippen molar-refractivity contribution in [2.45, 2.75) is 25.7 Å². The number of methoxy groups -OCH3 is 1. The highest BCUT2D eigenvalue weighted by molar-refractivity contribution is 5.69. The van der Waals surface area contributed by atoms with E-state index in [9.17, 15) is 4.79 Å². The van der Waals surface area contributed by atoms with E-state index in [1.165, 1.54) is 26.4 Å². The molecule has 76 valence electrons. The molecular formula is C10H19NO2. The summed E-state index contributed by atoms with van der Waals surface area (Å²) in [4.78, 5) is 13.0. The van der Waals surface area contributed by atoms with E-state index in [0.717, 1.165) is 19.0 Å². The van der Waals surface area contributed by atoms with Crippen LogP contribution >= 0.6 is 0 Å². The SMILES string of the molecule is COC(=O)CCN(C)CCC1CC1. The van der Waals surface area contributed by atoms with Gasteiger partial charge < -0.3 is 9.64 Å². The van der Waals surface area contributed by atoms with E-state index in [4.69, 9.17) is 0 Å². The maximum atomic E-state index is 10.8. The first-order valence-corrected chi connectivity index (χ1v) is 4.97. The molecule has 0 spiro atoms. The third-order valence-electron chi connectivity index (χ3n) is 2.54. The van der Waals surface area contributed by atoms with Gasteiger partial charge in [-0.25, -0.2) is 0 Å². The zero-order valence-electron chi connectivity index (χ0n) is 8.58. The molecule has 0 N–H and O–H groups in total. The molecule has 0 aliphatic heterocycles. The number of carbonyl (C=O) groups is 1. The minimum Gasteiger partial charge on any atom is -0.469 e. The lowest BCUT2D eigenvalue weighted by molar-refractivity contribution is -0.140. The highest BCUT2D eigenvalue weighted by Crippen LogP contribution is 2.32. The minimum absolute atomic E-state index is 0.113. The molecule has 3 heteroatoms. The predicted octanol–water partition coefficient (Wildman–Crippen LogP) is 1.28. The van der Waals surface area contributed by atoms with Gasteiger partial charge in [-0.2, -0.15) is 0 Å². The quantitative estimate of drug-likeness (QED) is 0.584. The first-order chi connectivity index (χ1) is 6.22. The monoisotopic (exact) mass is 185 g/mol. The molecule has 0 atom stereocenters. The first-order valence-electron chi connectivity index (χ1n) is 4.97. The van der Waals surface area contributed by atoms with Gasteiger partial charge in [0.05, 0.1) is 13.5 Å². The Bertz CT molecular complexity index is 166. The second kappa shape index (κ2) is 5.22. The van der Waals surface area contributed by atoms with Crippen molar-refractivity contribution in [3.63, 3.8) is 0 Å². The van der Waals surface area contributed by atoms with E-state index in [2.05, 4.69) is 16.7 Å². The van der Waals surface area contributed by atoms with Crippen molar-refractivity contribution < 1.29 is 9.53 Å². The van der Waals surface area contributed by atoms with E-state index >= 15 is 0 Å². The molecule has 0 aromatic carbocycles. The molecule has 0 aromatic heterocycles. The Kier molecular flexibility index (Phi) is 4.22. The molecule has 0 amide bonds. The molecule has 0 radical (unpaired) electrons. The van der Waals surface area contributed by atoms with Crippen LogP contribution in [-0.4, -0.2) is 38.1 Å². The maximum absolute atomic E-state index is 10.8. The van der Waals surface area contributed by atoms with Gasteiger partial charge in [-0.15, -0.1) is 0 Å². The summed E-state index contributed by atoms with van der Waals surface area (Å²) in [5.74, 6) is 0.860. The van der Waals surface area contributed by atoms with Crippen LogP contribution < -0.4 is 0 Å². The van der Waals surface area contributed by atoms with Crippen LogP contribution in [0.25, 0.3) is 0 Å². The fourth-order valence-electron chi connectivity index (χ4n) is 1.31. The summed E-state index contributed by atoms with van der Waals surface area (Å²) >= 11 is 0. The van der Waals surface area contributed by atoms with Crippen LogP contribution in [-0.2, 0) is 9.53 Å². The van der Waals surface area contributed by atoms with Gasteiger partial charge in [0.25, 0.3) is 0 Å². The third-order valence-corrected chi connectivity index (χ3v) is 2.54. The summed E-state index contributed by atoms with van der Waals surface area (Å²) in [6.45, 7) is 1.93. The van der Waals surface area contributed by atoms with Crippen molar-refractivity contribution in [2.75, 3.05) is 27.2 Å². The van der Waals surface area contributed by atoms with Crippen molar-refractivity contribution >= 4 is 5.97 Å². The number of rotatable bonds is 6. The average molecular weight is 185 g/mol. The predicted molar refractivity (Wildman–Crippen MR) is 51.5 cm³/mol. The summed E-state index contributed by atoms with van der Waals surface area (Å²) in [7, 11) is 3.50. The maximum Gasteiger partial charge on any atom is 0.306 e. The molecule has 0 heterocycles. The molecule has 1 fully saturated rings. The Labute approximate surface area is 80.1 Å². The van der Waals surface area contributed by atoms with Crippen LogP contribution in [0.5, 0.6) is 0 Å².